The summed E-state index contributed by atoms with van der Waals surface area (Å²) in [5.41, 5.74) is 6.43. The zero-order valence-electron chi connectivity index (χ0n) is 24.0. The van der Waals surface area contributed by atoms with E-state index in [2.05, 4.69) is 145 Å². The molecule has 1 spiro atoms. The third-order valence-corrected chi connectivity index (χ3v) is 10.0. The highest BCUT2D eigenvalue weighted by Gasteiger charge is 2.62. The summed E-state index contributed by atoms with van der Waals surface area (Å²) in [4.78, 5) is 17.4. The number of rotatable bonds is 4. The second-order valence-electron chi connectivity index (χ2n) is 11.9. The molecule has 1 aliphatic carbocycles. The standard InChI is InChI=1S/C39H32BrNO/c1-38(2)35-32-17-11-10-14-27(32)20-23-34(35)41(3)39(38)25-30(26-12-6-4-7-13-26)24-33(28-18-21-31(40)22-19-28)36(39)37(42)29-15-8-5-9-16-29/h4-25,36H,1-3H3. The molecule has 3 heteroatoms. The first-order chi connectivity index (χ1) is 20.3. The molecule has 2 aliphatic rings. The Labute approximate surface area is 256 Å². The predicted molar refractivity (Wildman–Crippen MR) is 179 cm³/mol. The lowest BCUT2D eigenvalue weighted by molar-refractivity contribution is 0.0886. The van der Waals surface area contributed by atoms with Crippen molar-refractivity contribution in [2.75, 3.05) is 11.9 Å². The SMILES string of the molecule is CN1c2ccc3ccccc3c2C(C)(C)C12C=C(c1ccccc1)C=C(c1ccc(Br)cc1)C2C(=O)c1ccccc1. The van der Waals surface area contributed by atoms with Gasteiger partial charge in [-0.3, -0.25) is 4.79 Å². The average molecular weight is 611 g/mol. The number of fused-ring (bicyclic) bond motifs is 3. The van der Waals surface area contributed by atoms with Crippen molar-refractivity contribution in [2.24, 2.45) is 5.92 Å². The highest BCUT2D eigenvalue weighted by atomic mass is 79.9. The van der Waals surface area contributed by atoms with Crippen LogP contribution in [-0.2, 0) is 5.41 Å². The van der Waals surface area contributed by atoms with Gasteiger partial charge in [-0.2, -0.15) is 0 Å². The summed E-state index contributed by atoms with van der Waals surface area (Å²) in [5.74, 6) is -0.329. The molecule has 5 aromatic rings. The van der Waals surface area contributed by atoms with Gasteiger partial charge in [-0.05, 0) is 69.0 Å². The molecule has 2 atom stereocenters. The average Bonchev–Trinajstić information content (AvgIpc) is 3.19. The maximum atomic E-state index is 15.0. The third kappa shape index (κ3) is 3.87. The van der Waals surface area contributed by atoms with Gasteiger partial charge in [-0.1, -0.05) is 133 Å². The Bertz CT molecular complexity index is 1890. The lowest BCUT2D eigenvalue weighted by Gasteiger charge is -2.52. The highest BCUT2D eigenvalue weighted by molar-refractivity contribution is 9.10. The molecular weight excluding hydrogens is 578 g/mol. The fourth-order valence-electron chi connectivity index (χ4n) is 7.50. The van der Waals surface area contributed by atoms with Crippen molar-refractivity contribution in [3.05, 3.63) is 160 Å². The van der Waals surface area contributed by atoms with Crippen LogP contribution in [0.1, 0.15) is 40.9 Å². The highest BCUT2D eigenvalue weighted by Crippen LogP contribution is 2.61. The number of allylic oxidation sites excluding steroid dienone is 2. The number of anilines is 1. The second-order valence-corrected chi connectivity index (χ2v) is 12.8. The minimum atomic E-state index is -0.686. The van der Waals surface area contributed by atoms with Crippen molar-refractivity contribution in [1.82, 2.24) is 0 Å². The van der Waals surface area contributed by atoms with E-state index >= 15 is 0 Å². The molecule has 1 heterocycles. The first kappa shape index (κ1) is 26.7. The molecule has 0 saturated carbocycles. The number of nitrogens with zero attached hydrogens (tertiary/aromatic N) is 1. The monoisotopic (exact) mass is 609 g/mol. The number of hydrogen-bond acceptors (Lipinski definition) is 2. The summed E-state index contributed by atoms with van der Waals surface area (Å²) in [5, 5.41) is 2.46. The van der Waals surface area contributed by atoms with Crippen LogP contribution in [0, 0.1) is 5.92 Å². The number of ketones is 1. The number of Topliss-reactive ketones (excluding diaryl/α,β-unsaturated/α-hetero) is 1. The molecule has 2 unspecified atom stereocenters. The van der Waals surface area contributed by atoms with Crippen LogP contribution < -0.4 is 4.90 Å². The molecule has 0 saturated heterocycles. The Balaban J connectivity index is 1.58. The van der Waals surface area contributed by atoms with Gasteiger partial charge in [-0.25, -0.2) is 0 Å². The Morgan fingerprint density at radius 3 is 2.10 bits per heavy atom. The number of carbonyl (C=O) groups is 1. The van der Waals surface area contributed by atoms with Crippen LogP contribution in [0.4, 0.5) is 5.69 Å². The van der Waals surface area contributed by atoms with E-state index in [9.17, 15) is 4.79 Å². The van der Waals surface area contributed by atoms with Gasteiger partial charge >= 0.3 is 0 Å². The number of carbonyl (C=O) groups excluding carboxylic acids is 1. The molecule has 42 heavy (non-hydrogen) atoms. The zero-order chi connectivity index (χ0) is 29.1. The van der Waals surface area contributed by atoms with Crippen molar-refractivity contribution >= 4 is 49.3 Å². The molecule has 0 fully saturated rings. The Morgan fingerprint density at radius 2 is 1.38 bits per heavy atom. The van der Waals surface area contributed by atoms with Crippen molar-refractivity contribution in [1.29, 1.82) is 0 Å². The van der Waals surface area contributed by atoms with Crippen molar-refractivity contribution in [2.45, 2.75) is 24.8 Å². The van der Waals surface area contributed by atoms with E-state index in [0.717, 1.165) is 32.3 Å². The molecular formula is C39H32BrNO. The van der Waals surface area contributed by atoms with E-state index in [-0.39, 0.29) is 5.78 Å². The van der Waals surface area contributed by atoms with E-state index in [4.69, 9.17) is 0 Å². The molecule has 7 rings (SSSR count). The largest absolute Gasteiger partial charge is 0.363 e. The normalized spacial score (nSPS) is 20.8. The minimum Gasteiger partial charge on any atom is -0.363 e. The van der Waals surface area contributed by atoms with E-state index in [1.54, 1.807) is 0 Å². The van der Waals surface area contributed by atoms with Crippen LogP contribution in [0.3, 0.4) is 0 Å². The van der Waals surface area contributed by atoms with Gasteiger partial charge in [0.2, 0.25) is 0 Å². The number of halogens is 1. The van der Waals surface area contributed by atoms with E-state index in [1.807, 2.05) is 30.3 Å². The molecule has 206 valence electrons. The fraction of sp³-hybridized carbons (Fsp3) is 0.154. The van der Waals surface area contributed by atoms with E-state index in [1.165, 1.54) is 22.0 Å². The third-order valence-electron chi connectivity index (χ3n) is 9.49. The smallest absolute Gasteiger partial charge is 0.173 e. The van der Waals surface area contributed by atoms with Crippen LogP contribution in [0.5, 0.6) is 0 Å². The number of benzene rings is 5. The van der Waals surface area contributed by atoms with E-state index < -0.39 is 16.9 Å². The van der Waals surface area contributed by atoms with Gasteiger partial charge in [0.1, 0.15) is 0 Å². The zero-order valence-corrected chi connectivity index (χ0v) is 25.6. The minimum absolute atomic E-state index is 0.130. The van der Waals surface area contributed by atoms with Crippen LogP contribution in [0.15, 0.2) is 138 Å². The van der Waals surface area contributed by atoms with Crippen LogP contribution in [-0.4, -0.2) is 18.4 Å². The quantitative estimate of drug-likeness (QED) is 0.189. The van der Waals surface area contributed by atoms with Gasteiger partial charge < -0.3 is 4.90 Å². The second kappa shape index (κ2) is 9.96. The fourth-order valence-corrected chi connectivity index (χ4v) is 7.76. The lowest BCUT2D eigenvalue weighted by Crippen LogP contribution is -2.61. The molecule has 0 radical (unpaired) electrons. The summed E-state index contributed by atoms with van der Waals surface area (Å²) in [6, 6.07) is 41.8. The summed E-state index contributed by atoms with van der Waals surface area (Å²) in [6.45, 7) is 4.66. The first-order valence-electron chi connectivity index (χ1n) is 14.4. The van der Waals surface area contributed by atoms with E-state index in [0.29, 0.717) is 0 Å². The maximum Gasteiger partial charge on any atom is 0.173 e. The number of likely N-dealkylation sites (N-methyl/N-ethyl adjacent to an activating group) is 1. The van der Waals surface area contributed by atoms with Crippen molar-refractivity contribution in [3.63, 3.8) is 0 Å². The summed E-state index contributed by atoms with van der Waals surface area (Å²) >= 11 is 3.62. The number of hydrogen-bond donors (Lipinski definition) is 0. The Morgan fingerprint density at radius 1 is 0.738 bits per heavy atom. The molecule has 1 aliphatic heterocycles. The van der Waals surface area contributed by atoms with Crippen LogP contribution in [0.25, 0.3) is 21.9 Å². The maximum absolute atomic E-state index is 15.0. The summed E-state index contributed by atoms with van der Waals surface area (Å²) < 4.78 is 1.01. The lowest BCUT2D eigenvalue weighted by atomic mass is 9.57. The van der Waals surface area contributed by atoms with Crippen LogP contribution >= 0.6 is 15.9 Å². The molecule has 2 nitrogen and oxygen atoms in total. The molecule has 0 aromatic heterocycles. The molecule has 5 aromatic carbocycles. The van der Waals surface area contributed by atoms with Crippen LogP contribution in [0.2, 0.25) is 0 Å². The van der Waals surface area contributed by atoms with Crippen molar-refractivity contribution < 1.29 is 4.79 Å². The molecule has 0 amide bonds. The summed E-state index contributed by atoms with van der Waals surface area (Å²) in [6.07, 6.45) is 4.64. The first-order valence-corrected chi connectivity index (χ1v) is 15.2. The van der Waals surface area contributed by atoms with Gasteiger partial charge in [0.05, 0.1) is 11.5 Å². The predicted octanol–water partition coefficient (Wildman–Crippen LogP) is 9.75. The van der Waals surface area contributed by atoms with Gasteiger partial charge in [0.15, 0.2) is 5.78 Å². The van der Waals surface area contributed by atoms with Crippen molar-refractivity contribution in [3.8, 4) is 0 Å². The summed E-state index contributed by atoms with van der Waals surface area (Å²) in [7, 11) is 2.18. The Kier molecular flexibility index (Phi) is 6.32. The topological polar surface area (TPSA) is 20.3 Å². The molecule has 0 bridgehead atoms. The Hall–Kier alpha value is -4.21. The van der Waals surface area contributed by atoms with Gasteiger partial charge in [0, 0.05) is 28.2 Å². The molecule has 0 N–H and O–H groups in total. The van der Waals surface area contributed by atoms with Gasteiger partial charge in [0.25, 0.3) is 0 Å². The van der Waals surface area contributed by atoms with Gasteiger partial charge in [-0.15, -0.1) is 0 Å².